The summed E-state index contributed by atoms with van der Waals surface area (Å²) in [5, 5.41) is 11.7. The minimum Gasteiger partial charge on any atom is -0.507 e. The molecule has 0 aliphatic carbocycles. The maximum absolute atomic E-state index is 13.2. The summed E-state index contributed by atoms with van der Waals surface area (Å²) in [6.07, 6.45) is 5.78. The molecule has 8 nitrogen and oxygen atoms in total. The maximum Gasteiger partial charge on any atom is 0.295 e. The predicted molar refractivity (Wildman–Crippen MR) is 127 cm³/mol. The van der Waals surface area contributed by atoms with Gasteiger partial charge in [0.05, 0.1) is 32.2 Å². The predicted octanol–water partition coefficient (Wildman–Crippen LogP) is 4.07. The molecule has 2 aromatic carbocycles. The average molecular weight is 482 g/mol. The van der Waals surface area contributed by atoms with E-state index in [0.717, 1.165) is 0 Å². The number of amides is 1. The number of Topliss-reactive ketones (excluding diaryl/α,β-unsaturated/α-hetero) is 1. The Balaban J connectivity index is 1.81. The van der Waals surface area contributed by atoms with E-state index in [2.05, 4.69) is 4.98 Å². The molecule has 9 heteroatoms. The van der Waals surface area contributed by atoms with Gasteiger partial charge in [0.1, 0.15) is 5.76 Å². The molecule has 3 aromatic rings. The fourth-order valence-corrected chi connectivity index (χ4v) is 4.29. The van der Waals surface area contributed by atoms with Crippen molar-refractivity contribution in [2.24, 2.45) is 0 Å². The van der Waals surface area contributed by atoms with Crippen LogP contribution < -0.4 is 9.47 Å². The van der Waals surface area contributed by atoms with E-state index in [1.165, 1.54) is 19.1 Å². The number of hydrogen-bond donors (Lipinski definition) is 1. The average Bonchev–Trinajstić information content (AvgIpc) is 3.45. The lowest BCUT2D eigenvalue weighted by Crippen LogP contribution is -2.31. The van der Waals surface area contributed by atoms with Crippen molar-refractivity contribution < 1.29 is 24.2 Å². The summed E-state index contributed by atoms with van der Waals surface area (Å²) in [6.45, 7) is 0.896. The van der Waals surface area contributed by atoms with Gasteiger partial charge in [-0.2, -0.15) is 0 Å². The molecule has 1 saturated heterocycles. The van der Waals surface area contributed by atoms with Gasteiger partial charge in [0.15, 0.2) is 11.5 Å². The first-order valence-electron chi connectivity index (χ1n) is 10.7. The Morgan fingerprint density at radius 3 is 2.50 bits per heavy atom. The first-order chi connectivity index (χ1) is 16.5. The van der Waals surface area contributed by atoms with E-state index in [1.54, 1.807) is 55.0 Å². The van der Waals surface area contributed by atoms with Gasteiger partial charge in [-0.25, -0.2) is 4.98 Å². The molecule has 0 radical (unpaired) electrons. The number of ether oxygens (including phenoxy) is 2. The van der Waals surface area contributed by atoms with Gasteiger partial charge in [-0.1, -0.05) is 23.7 Å². The van der Waals surface area contributed by atoms with Crippen LogP contribution >= 0.6 is 11.6 Å². The highest BCUT2D eigenvalue weighted by Gasteiger charge is 2.47. The fourth-order valence-electron chi connectivity index (χ4n) is 4.17. The van der Waals surface area contributed by atoms with Crippen molar-refractivity contribution in [3.8, 4) is 11.5 Å². The van der Waals surface area contributed by atoms with Gasteiger partial charge in [0.2, 0.25) is 0 Å². The zero-order chi connectivity index (χ0) is 24.2. The molecule has 176 valence electrons. The van der Waals surface area contributed by atoms with Gasteiger partial charge in [0.25, 0.3) is 11.7 Å². The minimum absolute atomic E-state index is 0.0125. The Morgan fingerprint density at radius 2 is 1.85 bits per heavy atom. The van der Waals surface area contributed by atoms with Crippen molar-refractivity contribution in [1.29, 1.82) is 0 Å². The third-order valence-electron chi connectivity index (χ3n) is 5.76. The molecule has 0 unspecified atom stereocenters. The second-order valence-electron chi connectivity index (χ2n) is 7.74. The van der Waals surface area contributed by atoms with Gasteiger partial charge >= 0.3 is 0 Å². The number of aliphatic hydroxyl groups excluding tert-OH is 1. The van der Waals surface area contributed by atoms with E-state index in [-0.39, 0.29) is 17.9 Å². The van der Waals surface area contributed by atoms with Crippen LogP contribution in [0.15, 0.2) is 66.8 Å². The second kappa shape index (κ2) is 10.0. The number of halogens is 1. The monoisotopic (exact) mass is 481 g/mol. The van der Waals surface area contributed by atoms with Crippen molar-refractivity contribution in [2.45, 2.75) is 19.0 Å². The van der Waals surface area contributed by atoms with Crippen molar-refractivity contribution in [3.05, 3.63) is 82.9 Å². The summed E-state index contributed by atoms with van der Waals surface area (Å²) in [5.41, 5.74) is 0.911. The van der Waals surface area contributed by atoms with Crippen LogP contribution in [0.4, 0.5) is 0 Å². The van der Waals surface area contributed by atoms with Gasteiger partial charge < -0.3 is 24.0 Å². The summed E-state index contributed by atoms with van der Waals surface area (Å²) in [6, 6.07) is 10.8. The molecule has 1 N–H and O–H groups in total. The molecule has 4 rings (SSSR count). The van der Waals surface area contributed by atoms with Crippen LogP contribution in [-0.2, 0) is 16.1 Å². The van der Waals surface area contributed by atoms with Crippen molar-refractivity contribution in [2.75, 3.05) is 20.8 Å². The quantitative estimate of drug-likeness (QED) is 0.296. The smallest absolute Gasteiger partial charge is 0.295 e. The molecule has 1 fully saturated rings. The summed E-state index contributed by atoms with van der Waals surface area (Å²) in [7, 11) is 3.00. The van der Waals surface area contributed by atoms with Gasteiger partial charge in [0, 0.05) is 41.6 Å². The molecule has 1 aliphatic heterocycles. The molecule has 0 bridgehead atoms. The number of methoxy groups -OCH3 is 2. The number of rotatable bonds is 8. The van der Waals surface area contributed by atoms with Crippen LogP contribution in [-0.4, -0.2) is 52.0 Å². The van der Waals surface area contributed by atoms with Crippen LogP contribution in [0.3, 0.4) is 0 Å². The van der Waals surface area contributed by atoms with E-state index in [0.29, 0.717) is 40.6 Å². The first-order valence-corrected chi connectivity index (χ1v) is 11.0. The molecule has 0 spiro atoms. The number of aryl methyl sites for hydroxylation is 1. The molecule has 1 amide bonds. The third kappa shape index (κ3) is 4.36. The van der Waals surface area contributed by atoms with Crippen LogP contribution in [0.25, 0.3) is 5.76 Å². The lowest BCUT2D eigenvalue weighted by molar-refractivity contribution is -0.140. The largest absolute Gasteiger partial charge is 0.507 e. The van der Waals surface area contributed by atoms with E-state index in [9.17, 15) is 14.7 Å². The van der Waals surface area contributed by atoms with Crippen molar-refractivity contribution in [3.63, 3.8) is 0 Å². The number of para-hydroxylation sites is 1. The number of carbonyl (C=O) groups is 2. The zero-order valence-electron chi connectivity index (χ0n) is 18.8. The van der Waals surface area contributed by atoms with E-state index < -0.39 is 17.7 Å². The molecular formula is C25H24ClN3O5. The lowest BCUT2D eigenvalue weighted by Gasteiger charge is -2.27. The van der Waals surface area contributed by atoms with Crippen LogP contribution in [0.2, 0.25) is 5.02 Å². The minimum atomic E-state index is -0.858. The first kappa shape index (κ1) is 23.4. The fraction of sp³-hybridized carbons (Fsp3) is 0.240. The maximum atomic E-state index is 13.2. The number of ketones is 1. The van der Waals surface area contributed by atoms with Crippen LogP contribution in [0.5, 0.6) is 11.5 Å². The molecule has 1 atom stereocenters. The Kier molecular flexibility index (Phi) is 6.88. The molecule has 0 saturated carbocycles. The van der Waals surface area contributed by atoms with Crippen LogP contribution in [0.1, 0.15) is 23.6 Å². The van der Waals surface area contributed by atoms with E-state index in [4.69, 9.17) is 21.1 Å². The highest BCUT2D eigenvalue weighted by Crippen LogP contribution is 2.45. The zero-order valence-corrected chi connectivity index (χ0v) is 19.5. The molecule has 2 heterocycles. The van der Waals surface area contributed by atoms with Crippen LogP contribution in [0, 0.1) is 0 Å². The molecular weight excluding hydrogens is 458 g/mol. The topological polar surface area (TPSA) is 93.9 Å². The second-order valence-corrected chi connectivity index (χ2v) is 8.17. The number of aliphatic hydroxyl groups is 1. The Hall–Kier alpha value is -3.78. The highest BCUT2D eigenvalue weighted by molar-refractivity contribution is 6.46. The van der Waals surface area contributed by atoms with Crippen molar-refractivity contribution >= 4 is 29.1 Å². The molecule has 1 aromatic heterocycles. The highest BCUT2D eigenvalue weighted by atomic mass is 35.5. The Morgan fingerprint density at radius 1 is 1.09 bits per heavy atom. The summed E-state index contributed by atoms with van der Waals surface area (Å²) in [5.74, 6) is -0.878. The summed E-state index contributed by atoms with van der Waals surface area (Å²) in [4.78, 5) is 31.9. The number of carbonyl (C=O) groups excluding carboxylic acids is 2. The van der Waals surface area contributed by atoms with Gasteiger partial charge in [-0.15, -0.1) is 0 Å². The number of likely N-dealkylation sites (tertiary alicyclic amines) is 1. The lowest BCUT2D eigenvalue weighted by atomic mass is 9.94. The number of benzene rings is 2. The number of aromatic nitrogens is 2. The summed E-state index contributed by atoms with van der Waals surface area (Å²) < 4.78 is 12.9. The molecule has 1 aliphatic rings. The van der Waals surface area contributed by atoms with E-state index >= 15 is 0 Å². The standard InChI is InChI=1S/C25H24ClN3O5/c1-33-19-6-3-5-18(24(19)34-2)21-20(22(30)16-7-9-17(26)10-8-16)23(31)25(32)29(21)13-4-12-28-14-11-27-15-28/h3,5-11,14-15,21,30H,4,12-13H2,1-2H3/b22-20+/t21-/m0/s1. The number of nitrogens with zero attached hydrogens (tertiary/aromatic N) is 3. The van der Waals surface area contributed by atoms with Crippen molar-refractivity contribution in [1.82, 2.24) is 14.5 Å². The SMILES string of the molecule is COc1cccc([C@H]2/C(=C(\O)c3ccc(Cl)cc3)C(=O)C(=O)N2CCCn2ccnc2)c1OC. The van der Waals surface area contributed by atoms with Gasteiger partial charge in [-0.3, -0.25) is 9.59 Å². The molecule has 34 heavy (non-hydrogen) atoms. The normalized spacial score (nSPS) is 17.3. The number of imidazole rings is 1. The summed E-state index contributed by atoms with van der Waals surface area (Å²) >= 11 is 5.98. The number of hydrogen-bond acceptors (Lipinski definition) is 6. The third-order valence-corrected chi connectivity index (χ3v) is 6.01. The Bertz CT molecular complexity index is 1220. The van der Waals surface area contributed by atoms with Gasteiger partial charge in [-0.05, 0) is 36.8 Å². The van der Waals surface area contributed by atoms with E-state index in [1.807, 2.05) is 10.8 Å². The Labute approximate surface area is 202 Å².